The number of ketones is 1. The van der Waals surface area contributed by atoms with Crippen molar-refractivity contribution < 1.29 is 4.79 Å². The van der Waals surface area contributed by atoms with E-state index in [1.807, 2.05) is 30.5 Å². The first-order valence-corrected chi connectivity index (χ1v) is 9.19. The average Bonchev–Trinajstić information content (AvgIpc) is 2.65. The first-order chi connectivity index (χ1) is 13.0. The zero-order chi connectivity index (χ0) is 18.7. The number of carbonyl (C=O) groups is 1. The molecule has 4 aromatic rings. The Morgan fingerprint density at radius 1 is 0.778 bits per heavy atom. The summed E-state index contributed by atoms with van der Waals surface area (Å²) in [4.78, 5) is 18.0. The van der Waals surface area contributed by atoms with Gasteiger partial charge in [-0.2, -0.15) is 0 Å². The topological polar surface area (TPSA) is 30.0 Å². The van der Waals surface area contributed by atoms with Gasteiger partial charge in [0, 0.05) is 39.2 Å². The monoisotopic (exact) mass is 349 g/mol. The molecule has 27 heavy (non-hydrogen) atoms. The first-order valence-electron chi connectivity index (χ1n) is 9.19. The van der Waals surface area contributed by atoms with E-state index in [1.165, 1.54) is 11.1 Å². The van der Waals surface area contributed by atoms with Gasteiger partial charge in [-0.3, -0.25) is 9.78 Å². The van der Waals surface area contributed by atoms with Crippen molar-refractivity contribution in [3.63, 3.8) is 0 Å². The Balaban J connectivity index is 1.91. The number of aromatic nitrogens is 1. The number of hydrogen-bond acceptors (Lipinski definition) is 2. The largest absolute Gasteiger partial charge is 0.289 e. The van der Waals surface area contributed by atoms with Crippen molar-refractivity contribution in [3.05, 3.63) is 88.6 Å². The Labute approximate surface area is 158 Å². The normalized spacial score (nSPS) is 12.3. The van der Waals surface area contributed by atoms with Gasteiger partial charge >= 0.3 is 0 Å². The SMILES string of the molecule is Cc1cc(C)cc(-c2ncc3c4c(cccc24)C(=O)c2cccc(C)c2-3)c1. The lowest BCUT2D eigenvalue weighted by atomic mass is 9.81. The van der Waals surface area contributed by atoms with Crippen LogP contribution in [0.5, 0.6) is 0 Å². The predicted octanol–water partition coefficient (Wildman–Crippen LogP) is 6.04. The maximum atomic E-state index is 13.2. The van der Waals surface area contributed by atoms with Gasteiger partial charge in [-0.15, -0.1) is 0 Å². The van der Waals surface area contributed by atoms with E-state index < -0.39 is 0 Å². The van der Waals surface area contributed by atoms with Gasteiger partial charge in [0.05, 0.1) is 5.69 Å². The summed E-state index contributed by atoms with van der Waals surface area (Å²) in [6.45, 7) is 6.26. The average molecular weight is 349 g/mol. The first kappa shape index (κ1) is 16.0. The minimum atomic E-state index is 0.101. The highest BCUT2D eigenvalue weighted by atomic mass is 16.1. The Morgan fingerprint density at radius 3 is 2.26 bits per heavy atom. The molecule has 2 heteroatoms. The van der Waals surface area contributed by atoms with Gasteiger partial charge in [-0.25, -0.2) is 0 Å². The molecule has 0 saturated carbocycles. The molecule has 5 rings (SSSR count). The lowest BCUT2D eigenvalue weighted by molar-refractivity contribution is 0.104. The van der Waals surface area contributed by atoms with Crippen LogP contribution in [0.1, 0.15) is 32.6 Å². The van der Waals surface area contributed by atoms with Gasteiger partial charge in [0.2, 0.25) is 0 Å². The van der Waals surface area contributed by atoms with E-state index in [9.17, 15) is 4.79 Å². The van der Waals surface area contributed by atoms with Crippen LogP contribution in [0.4, 0.5) is 0 Å². The molecule has 1 heterocycles. The van der Waals surface area contributed by atoms with E-state index in [1.54, 1.807) is 0 Å². The summed E-state index contributed by atoms with van der Waals surface area (Å²) >= 11 is 0. The van der Waals surface area contributed by atoms with E-state index in [2.05, 4.69) is 51.1 Å². The highest BCUT2D eigenvalue weighted by molar-refractivity contribution is 6.27. The standard InChI is InChI=1S/C25H19NO/c1-14-10-15(2)12-17(11-14)24-18-7-5-9-20-23(18)21(13-26-24)22-16(3)6-4-8-19(22)25(20)27/h4-13H,1-3H3. The smallest absolute Gasteiger partial charge is 0.194 e. The van der Waals surface area contributed by atoms with Crippen LogP contribution in [0.3, 0.4) is 0 Å². The van der Waals surface area contributed by atoms with Crippen molar-refractivity contribution in [2.24, 2.45) is 0 Å². The van der Waals surface area contributed by atoms with Crippen LogP contribution in [-0.2, 0) is 0 Å². The molecular formula is C25H19NO. The molecule has 2 nitrogen and oxygen atoms in total. The lowest BCUT2D eigenvalue weighted by Gasteiger charge is -2.22. The molecule has 1 aromatic heterocycles. The van der Waals surface area contributed by atoms with Crippen molar-refractivity contribution in [2.45, 2.75) is 20.8 Å². The molecule has 0 bridgehead atoms. The molecule has 1 aliphatic carbocycles. The summed E-state index contributed by atoms with van der Waals surface area (Å²) in [5.74, 6) is 0.101. The molecule has 0 unspecified atom stereocenters. The van der Waals surface area contributed by atoms with Crippen molar-refractivity contribution in [3.8, 4) is 22.4 Å². The predicted molar refractivity (Wildman–Crippen MR) is 110 cm³/mol. The zero-order valence-corrected chi connectivity index (χ0v) is 15.6. The van der Waals surface area contributed by atoms with Crippen LogP contribution >= 0.6 is 0 Å². The summed E-state index contributed by atoms with van der Waals surface area (Å²) in [5.41, 5.74) is 9.19. The number of carbonyl (C=O) groups excluding carboxylic acids is 1. The molecule has 0 spiro atoms. The van der Waals surface area contributed by atoms with E-state index >= 15 is 0 Å². The third-order valence-corrected chi connectivity index (χ3v) is 5.44. The number of hydrogen-bond donors (Lipinski definition) is 0. The van der Waals surface area contributed by atoms with Crippen LogP contribution in [0, 0.1) is 20.8 Å². The highest BCUT2D eigenvalue weighted by Gasteiger charge is 2.27. The molecule has 0 aliphatic heterocycles. The van der Waals surface area contributed by atoms with Gasteiger partial charge < -0.3 is 0 Å². The van der Waals surface area contributed by atoms with Gasteiger partial charge in [-0.1, -0.05) is 53.6 Å². The Morgan fingerprint density at radius 2 is 1.48 bits per heavy atom. The highest BCUT2D eigenvalue weighted by Crippen LogP contribution is 2.43. The molecule has 0 fully saturated rings. The van der Waals surface area contributed by atoms with Crippen molar-refractivity contribution in [1.82, 2.24) is 4.98 Å². The van der Waals surface area contributed by atoms with Crippen LogP contribution in [-0.4, -0.2) is 10.8 Å². The van der Waals surface area contributed by atoms with Gasteiger partial charge in [0.1, 0.15) is 0 Å². The number of benzene rings is 3. The van der Waals surface area contributed by atoms with Crippen molar-refractivity contribution in [1.29, 1.82) is 0 Å². The Kier molecular flexibility index (Phi) is 3.32. The molecule has 0 N–H and O–H groups in total. The maximum Gasteiger partial charge on any atom is 0.194 e. The van der Waals surface area contributed by atoms with Crippen LogP contribution in [0.25, 0.3) is 33.2 Å². The maximum absolute atomic E-state index is 13.2. The third kappa shape index (κ3) is 2.26. The summed E-state index contributed by atoms with van der Waals surface area (Å²) in [6.07, 6.45) is 1.94. The molecule has 3 aromatic carbocycles. The summed E-state index contributed by atoms with van der Waals surface area (Å²) in [6, 6.07) is 18.4. The molecule has 0 amide bonds. The second kappa shape index (κ2) is 5.62. The quantitative estimate of drug-likeness (QED) is 0.369. The van der Waals surface area contributed by atoms with Crippen molar-refractivity contribution in [2.75, 3.05) is 0 Å². The summed E-state index contributed by atoms with van der Waals surface area (Å²) in [5, 5.41) is 2.06. The number of rotatable bonds is 1. The van der Waals surface area contributed by atoms with Gasteiger partial charge in [0.15, 0.2) is 5.78 Å². The van der Waals surface area contributed by atoms with Crippen LogP contribution in [0.15, 0.2) is 60.8 Å². The molecule has 1 aliphatic rings. The van der Waals surface area contributed by atoms with Gasteiger partial charge in [0.25, 0.3) is 0 Å². The van der Waals surface area contributed by atoms with E-state index in [4.69, 9.17) is 4.98 Å². The fraction of sp³-hybridized carbons (Fsp3) is 0.120. The number of pyridine rings is 1. The second-order valence-electron chi connectivity index (χ2n) is 7.45. The minimum Gasteiger partial charge on any atom is -0.289 e. The fourth-order valence-corrected chi connectivity index (χ4v) is 4.38. The van der Waals surface area contributed by atoms with E-state index in [-0.39, 0.29) is 5.78 Å². The number of nitrogens with zero attached hydrogens (tertiary/aromatic N) is 1. The Bertz CT molecular complexity index is 1250. The second-order valence-corrected chi connectivity index (χ2v) is 7.45. The molecule has 130 valence electrons. The van der Waals surface area contributed by atoms with Gasteiger partial charge in [-0.05, 0) is 44.0 Å². The lowest BCUT2D eigenvalue weighted by Crippen LogP contribution is -2.11. The van der Waals surface area contributed by atoms with Crippen LogP contribution < -0.4 is 0 Å². The van der Waals surface area contributed by atoms with E-state index in [0.29, 0.717) is 0 Å². The third-order valence-electron chi connectivity index (χ3n) is 5.44. The number of fused-ring (bicyclic) bond motifs is 2. The van der Waals surface area contributed by atoms with E-state index in [0.717, 1.165) is 49.8 Å². The van der Waals surface area contributed by atoms with Crippen LogP contribution in [0.2, 0.25) is 0 Å². The molecule has 0 saturated heterocycles. The minimum absolute atomic E-state index is 0.101. The Hall–Kier alpha value is -3.26. The molecular weight excluding hydrogens is 330 g/mol. The van der Waals surface area contributed by atoms with Crippen molar-refractivity contribution >= 4 is 16.6 Å². The molecule has 0 atom stereocenters. The molecule has 0 radical (unpaired) electrons. The number of aryl methyl sites for hydroxylation is 3. The summed E-state index contributed by atoms with van der Waals surface area (Å²) < 4.78 is 0. The summed E-state index contributed by atoms with van der Waals surface area (Å²) in [7, 11) is 0. The zero-order valence-electron chi connectivity index (χ0n) is 15.6. The fourth-order valence-electron chi connectivity index (χ4n) is 4.38.